The highest BCUT2D eigenvalue weighted by atomic mass is 32.2. The number of unbranched alkanes of at least 4 members (excludes halogenated alkanes) is 2. The molecule has 150 valence electrons. The summed E-state index contributed by atoms with van der Waals surface area (Å²) in [4.78, 5) is 25.2. The number of carbonyl (C=O) groups excluding carboxylic acids is 1. The van der Waals surface area contributed by atoms with Crippen molar-refractivity contribution in [1.82, 2.24) is 4.31 Å². The number of rotatable bonds is 10. The Hall–Kier alpha value is -1.58. The smallest absolute Gasteiger partial charge is 0.323 e. The topological polar surface area (TPSA) is 95.0 Å². The van der Waals surface area contributed by atoms with Crippen LogP contribution in [0.4, 0.5) is 5.69 Å². The van der Waals surface area contributed by atoms with E-state index in [1.54, 1.807) is 12.1 Å². The number of thioether (sulfide) groups is 1. The molecule has 1 aromatic rings. The second-order valence-electron chi connectivity index (χ2n) is 6.40. The number of carbonyl (C=O) groups is 2. The van der Waals surface area contributed by atoms with E-state index in [0.717, 1.165) is 30.6 Å². The molecule has 9 heteroatoms. The number of anilines is 1. The summed E-state index contributed by atoms with van der Waals surface area (Å²) in [5.74, 6) is -1.33. The number of aliphatic carboxylic acids is 1. The van der Waals surface area contributed by atoms with E-state index in [4.69, 9.17) is 5.11 Å². The summed E-state index contributed by atoms with van der Waals surface area (Å²) >= 11 is 1.29. The first-order valence-corrected chi connectivity index (χ1v) is 11.5. The summed E-state index contributed by atoms with van der Waals surface area (Å²) < 4.78 is 27.8. The van der Waals surface area contributed by atoms with Crippen LogP contribution in [-0.4, -0.2) is 55.1 Å². The number of sulfonamides is 1. The molecule has 1 N–H and O–H groups in total. The van der Waals surface area contributed by atoms with Gasteiger partial charge in [-0.2, -0.15) is 4.31 Å². The van der Waals surface area contributed by atoms with Gasteiger partial charge in [0.1, 0.15) is 6.54 Å². The Morgan fingerprint density at radius 2 is 1.85 bits per heavy atom. The Morgan fingerprint density at radius 1 is 1.22 bits per heavy atom. The number of amides is 1. The summed E-state index contributed by atoms with van der Waals surface area (Å²) in [5.41, 5.74) is 0.352. The van der Waals surface area contributed by atoms with E-state index in [9.17, 15) is 18.0 Å². The number of fused-ring (bicyclic) bond motifs is 1. The van der Waals surface area contributed by atoms with Crippen molar-refractivity contribution in [3.63, 3.8) is 0 Å². The van der Waals surface area contributed by atoms with Gasteiger partial charge in [0.2, 0.25) is 15.9 Å². The van der Waals surface area contributed by atoms with E-state index in [-0.39, 0.29) is 16.6 Å². The molecule has 0 saturated heterocycles. The lowest BCUT2D eigenvalue weighted by Crippen LogP contribution is -2.39. The van der Waals surface area contributed by atoms with Crippen LogP contribution in [-0.2, 0) is 19.6 Å². The number of hydrogen-bond donors (Lipinski definition) is 1. The Bertz CT molecular complexity index is 787. The fourth-order valence-electron chi connectivity index (χ4n) is 2.82. The molecule has 0 radical (unpaired) electrons. The average molecular weight is 415 g/mol. The number of carboxylic acid groups (broad SMARTS) is 1. The Kier molecular flexibility index (Phi) is 7.69. The zero-order chi connectivity index (χ0) is 20.0. The number of hydrogen-bond acceptors (Lipinski definition) is 5. The molecule has 1 aromatic carbocycles. The van der Waals surface area contributed by atoms with Gasteiger partial charge in [0.05, 0.1) is 16.3 Å². The highest BCUT2D eigenvalue weighted by Crippen LogP contribution is 2.37. The molecule has 2 rings (SSSR count). The maximum absolute atomic E-state index is 13.1. The first-order chi connectivity index (χ1) is 12.8. The maximum atomic E-state index is 13.1. The van der Waals surface area contributed by atoms with Crippen LogP contribution in [0, 0.1) is 0 Å². The van der Waals surface area contributed by atoms with Gasteiger partial charge in [-0.1, -0.05) is 26.7 Å². The second kappa shape index (κ2) is 9.57. The van der Waals surface area contributed by atoms with Crippen molar-refractivity contribution in [1.29, 1.82) is 0 Å². The van der Waals surface area contributed by atoms with E-state index in [0.29, 0.717) is 23.7 Å². The summed E-state index contributed by atoms with van der Waals surface area (Å²) in [6.07, 6.45) is 3.32. The normalized spacial score (nSPS) is 14.5. The average Bonchev–Trinajstić information content (AvgIpc) is 2.63. The lowest BCUT2D eigenvalue weighted by Gasteiger charge is -2.29. The quantitative estimate of drug-likeness (QED) is 0.633. The van der Waals surface area contributed by atoms with Crippen LogP contribution in [0.2, 0.25) is 0 Å². The van der Waals surface area contributed by atoms with Gasteiger partial charge < -0.3 is 5.11 Å². The zero-order valence-corrected chi connectivity index (χ0v) is 17.3. The molecule has 0 unspecified atom stereocenters. The number of carboxylic acids is 1. The highest BCUT2D eigenvalue weighted by Gasteiger charge is 2.30. The van der Waals surface area contributed by atoms with Crippen LogP contribution < -0.4 is 4.90 Å². The first kappa shape index (κ1) is 21.7. The van der Waals surface area contributed by atoms with Crippen LogP contribution in [0.3, 0.4) is 0 Å². The molecule has 0 spiro atoms. The summed E-state index contributed by atoms with van der Waals surface area (Å²) in [7, 11) is -3.71. The van der Waals surface area contributed by atoms with Gasteiger partial charge in [0, 0.05) is 18.0 Å². The Morgan fingerprint density at radius 3 is 2.41 bits per heavy atom. The van der Waals surface area contributed by atoms with E-state index in [1.807, 2.05) is 13.8 Å². The fraction of sp³-hybridized carbons (Fsp3) is 0.556. The molecule has 1 heterocycles. The monoisotopic (exact) mass is 414 g/mol. The third kappa shape index (κ3) is 5.24. The van der Waals surface area contributed by atoms with Crippen LogP contribution in [0.25, 0.3) is 0 Å². The molecule has 1 aliphatic heterocycles. The Balaban J connectivity index is 2.41. The zero-order valence-electron chi connectivity index (χ0n) is 15.7. The SMILES string of the molecule is CCCCN(CCCC)S(=O)(=O)c1ccc2c(c1)N(CC(=O)O)C(=O)CS2. The summed E-state index contributed by atoms with van der Waals surface area (Å²) in [5, 5.41) is 9.09. The molecule has 0 aromatic heterocycles. The molecule has 0 bridgehead atoms. The maximum Gasteiger partial charge on any atom is 0.323 e. The minimum Gasteiger partial charge on any atom is -0.480 e. The van der Waals surface area contributed by atoms with Gasteiger partial charge >= 0.3 is 5.97 Å². The lowest BCUT2D eigenvalue weighted by molar-refractivity contribution is -0.136. The molecule has 27 heavy (non-hydrogen) atoms. The van der Waals surface area contributed by atoms with Crippen molar-refractivity contribution in [3.05, 3.63) is 18.2 Å². The standard InChI is InChI=1S/C18H26N2O5S2/c1-3-5-9-19(10-6-4-2)27(24,25)14-7-8-16-15(11-14)20(12-18(22)23)17(21)13-26-16/h7-8,11H,3-6,9-10,12-13H2,1-2H3,(H,22,23). The van der Waals surface area contributed by atoms with E-state index >= 15 is 0 Å². The van der Waals surface area contributed by atoms with E-state index < -0.39 is 22.5 Å². The van der Waals surface area contributed by atoms with Crippen molar-refractivity contribution in [2.24, 2.45) is 0 Å². The lowest BCUT2D eigenvalue weighted by atomic mass is 10.2. The van der Waals surface area contributed by atoms with E-state index in [2.05, 4.69) is 0 Å². The van der Waals surface area contributed by atoms with Crippen molar-refractivity contribution in [3.8, 4) is 0 Å². The highest BCUT2D eigenvalue weighted by molar-refractivity contribution is 8.00. The summed E-state index contributed by atoms with van der Waals surface area (Å²) in [6, 6.07) is 4.63. The van der Waals surface area contributed by atoms with Crippen LogP contribution in [0.1, 0.15) is 39.5 Å². The van der Waals surface area contributed by atoms with Crippen molar-refractivity contribution in [2.75, 3.05) is 30.3 Å². The first-order valence-electron chi connectivity index (χ1n) is 9.10. The third-order valence-electron chi connectivity index (χ3n) is 4.33. The molecule has 1 aliphatic rings. The molecular weight excluding hydrogens is 388 g/mol. The minimum atomic E-state index is -3.71. The van der Waals surface area contributed by atoms with Crippen LogP contribution in [0.15, 0.2) is 28.0 Å². The predicted molar refractivity (Wildman–Crippen MR) is 106 cm³/mol. The van der Waals surface area contributed by atoms with Gasteiger partial charge in [0.15, 0.2) is 0 Å². The van der Waals surface area contributed by atoms with Gasteiger partial charge in [-0.15, -0.1) is 11.8 Å². The second-order valence-corrected chi connectivity index (χ2v) is 9.36. The van der Waals surface area contributed by atoms with Crippen LogP contribution >= 0.6 is 11.8 Å². The van der Waals surface area contributed by atoms with Gasteiger partial charge in [-0.05, 0) is 31.0 Å². The molecule has 0 saturated carbocycles. The molecule has 7 nitrogen and oxygen atoms in total. The molecule has 1 amide bonds. The number of nitrogens with zero attached hydrogens (tertiary/aromatic N) is 2. The van der Waals surface area contributed by atoms with Gasteiger partial charge in [-0.3, -0.25) is 14.5 Å². The van der Waals surface area contributed by atoms with Crippen molar-refractivity contribution < 1.29 is 23.1 Å². The molecular formula is C18H26N2O5S2. The van der Waals surface area contributed by atoms with Gasteiger partial charge in [-0.25, -0.2) is 8.42 Å². The molecule has 0 aliphatic carbocycles. The molecule has 0 atom stereocenters. The molecule has 0 fully saturated rings. The van der Waals surface area contributed by atoms with Crippen molar-refractivity contribution in [2.45, 2.75) is 49.3 Å². The van der Waals surface area contributed by atoms with E-state index in [1.165, 1.54) is 22.1 Å². The Labute approximate surface area is 164 Å². The minimum absolute atomic E-state index is 0.0964. The van der Waals surface area contributed by atoms with Gasteiger partial charge in [0.25, 0.3) is 0 Å². The summed E-state index contributed by atoms with van der Waals surface area (Å²) in [6.45, 7) is 4.43. The number of benzene rings is 1. The largest absolute Gasteiger partial charge is 0.480 e. The third-order valence-corrected chi connectivity index (χ3v) is 7.27. The van der Waals surface area contributed by atoms with Crippen molar-refractivity contribution >= 4 is 39.3 Å². The van der Waals surface area contributed by atoms with Crippen LogP contribution in [0.5, 0.6) is 0 Å². The predicted octanol–water partition coefficient (Wildman–Crippen LogP) is 2.80. The fourth-order valence-corrected chi connectivity index (χ4v) is 5.27.